The highest BCUT2D eigenvalue weighted by atomic mass is 16.5. The number of hydrogen-bond donors (Lipinski definition) is 1. The van der Waals surface area contributed by atoms with Crippen LogP contribution in [0.4, 0.5) is 0 Å². The first-order valence-electron chi connectivity index (χ1n) is 7.18. The third kappa shape index (κ3) is 3.82. The Balaban J connectivity index is 1.68. The van der Waals surface area contributed by atoms with Gasteiger partial charge in [-0.25, -0.2) is 0 Å². The second-order valence-electron chi connectivity index (χ2n) is 5.31. The Morgan fingerprint density at radius 3 is 2.94 bits per heavy atom. The summed E-state index contributed by atoms with van der Waals surface area (Å²) in [4.78, 5) is 0. The molecule has 0 saturated carbocycles. The number of nitrogens with one attached hydrogen (secondary N) is 1. The van der Waals surface area contributed by atoms with Crippen LogP contribution in [0.1, 0.15) is 49.8 Å². The average Bonchev–Trinajstić information content (AvgIpc) is 2.88. The van der Waals surface area contributed by atoms with Crippen LogP contribution in [-0.2, 0) is 4.74 Å². The van der Waals surface area contributed by atoms with Crippen molar-refractivity contribution in [1.82, 2.24) is 5.32 Å². The van der Waals surface area contributed by atoms with E-state index in [1.807, 2.05) is 0 Å². The van der Waals surface area contributed by atoms with Crippen molar-refractivity contribution in [1.29, 1.82) is 0 Å². The van der Waals surface area contributed by atoms with Crippen molar-refractivity contribution in [3.63, 3.8) is 0 Å². The molecule has 1 aromatic carbocycles. The van der Waals surface area contributed by atoms with Crippen LogP contribution in [-0.4, -0.2) is 19.3 Å². The monoisotopic (exact) mass is 247 g/mol. The van der Waals surface area contributed by atoms with E-state index in [-0.39, 0.29) is 0 Å². The zero-order valence-corrected chi connectivity index (χ0v) is 11.6. The van der Waals surface area contributed by atoms with Gasteiger partial charge in [0.05, 0.1) is 6.10 Å². The first-order valence-corrected chi connectivity index (χ1v) is 7.18. The van der Waals surface area contributed by atoms with Gasteiger partial charge < -0.3 is 10.1 Å². The molecule has 2 atom stereocenters. The summed E-state index contributed by atoms with van der Waals surface area (Å²) in [5, 5.41) is 3.61. The minimum absolute atomic E-state index is 0.440. The molecular weight excluding hydrogens is 222 g/mol. The molecule has 0 radical (unpaired) electrons. The van der Waals surface area contributed by atoms with E-state index in [0.29, 0.717) is 12.1 Å². The van der Waals surface area contributed by atoms with Crippen LogP contribution in [0.5, 0.6) is 0 Å². The van der Waals surface area contributed by atoms with Gasteiger partial charge in [-0.2, -0.15) is 0 Å². The number of benzene rings is 1. The summed E-state index contributed by atoms with van der Waals surface area (Å²) >= 11 is 0. The Kier molecular flexibility index (Phi) is 5.21. The van der Waals surface area contributed by atoms with E-state index in [2.05, 4.69) is 43.4 Å². The SMILES string of the molecule is Cc1ccccc1[C@H](C)NCCCC1CCCO1. The molecule has 1 aliphatic heterocycles. The standard InChI is InChI=1S/C16H25NO/c1-13-7-3-4-10-16(13)14(2)17-11-5-8-15-9-6-12-18-15/h3-4,7,10,14-15,17H,5-6,8-9,11-12H2,1-2H3/t14-,15?/m0/s1. The molecule has 1 saturated heterocycles. The second-order valence-corrected chi connectivity index (χ2v) is 5.31. The van der Waals surface area contributed by atoms with E-state index >= 15 is 0 Å². The minimum Gasteiger partial charge on any atom is -0.378 e. The number of aryl methyl sites for hydroxylation is 1. The van der Waals surface area contributed by atoms with Crippen molar-refractivity contribution in [2.45, 2.75) is 51.7 Å². The molecule has 1 aliphatic rings. The van der Waals surface area contributed by atoms with Crippen molar-refractivity contribution in [3.8, 4) is 0 Å². The smallest absolute Gasteiger partial charge is 0.0576 e. The largest absolute Gasteiger partial charge is 0.378 e. The summed E-state index contributed by atoms with van der Waals surface area (Å²) in [5.41, 5.74) is 2.78. The molecule has 100 valence electrons. The fourth-order valence-corrected chi connectivity index (χ4v) is 2.70. The van der Waals surface area contributed by atoms with E-state index in [4.69, 9.17) is 4.74 Å². The normalized spacial score (nSPS) is 21.1. The number of rotatable bonds is 6. The highest BCUT2D eigenvalue weighted by Crippen LogP contribution is 2.18. The molecule has 0 aliphatic carbocycles. The van der Waals surface area contributed by atoms with Gasteiger partial charge in [-0.3, -0.25) is 0 Å². The second kappa shape index (κ2) is 6.91. The molecule has 1 aromatic rings. The van der Waals surface area contributed by atoms with Gasteiger partial charge in [0.1, 0.15) is 0 Å². The fraction of sp³-hybridized carbons (Fsp3) is 0.625. The van der Waals surface area contributed by atoms with Crippen LogP contribution in [0.15, 0.2) is 24.3 Å². The lowest BCUT2D eigenvalue weighted by Crippen LogP contribution is -2.21. The highest BCUT2D eigenvalue weighted by Gasteiger charge is 2.14. The van der Waals surface area contributed by atoms with E-state index < -0.39 is 0 Å². The maximum absolute atomic E-state index is 5.64. The van der Waals surface area contributed by atoms with E-state index in [9.17, 15) is 0 Å². The van der Waals surface area contributed by atoms with Gasteiger partial charge in [0.15, 0.2) is 0 Å². The summed E-state index contributed by atoms with van der Waals surface area (Å²) in [5.74, 6) is 0. The predicted molar refractivity (Wildman–Crippen MR) is 75.8 cm³/mol. The van der Waals surface area contributed by atoms with E-state index in [1.54, 1.807) is 0 Å². The van der Waals surface area contributed by atoms with Gasteiger partial charge in [-0.05, 0) is 57.2 Å². The minimum atomic E-state index is 0.440. The molecule has 0 bridgehead atoms. The molecule has 2 nitrogen and oxygen atoms in total. The average molecular weight is 247 g/mol. The fourth-order valence-electron chi connectivity index (χ4n) is 2.70. The lowest BCUT2D eigenvalue weighted by molar-refractivity contribution is 0.102. The summed E-state index contributed by atoms with van der Waals surface area (Å²) < 4.78 is 5.64. The molecule has 0 amide bonds. The molecule has 0 aromatic heterocycles. The van der Waals surface area contributed by atoms with Crippen LogP contribution in [0.3, 0.4) is 0 Å². The molecule has 1 N–H and O–H groups in total. The number of hydrogen-bond acceptors (Lipinski definition) is 2. The molecular formula is C16H25NO. The summed E-state index contributed by atoms with van der Waals surface area (Å²) in [6.07, 6.45) is 5.44. The maximum atomic E-state index is 5.64. The first-order chi connectivity index (χ1) is 8.77. The zero-order chi connectivity index (χ0) is 12.8. The van der Waals surface area contributed by atoms with Gasteiger partial charge in [0.25, 0.3) is 0 Å². The Bertz CT molecular complexity index is 358. The molecule has 0 spiro atoms. The molecule has 1 heterocycles. The van der Waals surface area contributed by atoms with Gasteiger partial charge in [-0.1, -0.05) is 24.3 Å². The third-order valence-corrected chi connectivity index (χ3v) is 3.83. The molecule has 1 unspecified atom stereocenters. The molecule has 2 heteroatoms. The van der Waals surface area contributed by atoms with Crippen LogP contribution in [0.25, 0.3) is 0 Å². The number of ether oxygens (including phenoxy) is 1. The lowest BCUT2D eigenvalue weighted by atomic mass is 10.0. The predicted octanol–water partition coefficient (Wildman–Crippen LogP) is 3.60. The van der Waals surface area contributed by atoms with Crippen LogP contribution < -0.4 is 5.32 Å². The quantitative estimate of drug-likeness (QED) is 0.775. The summed E-state index contributed by atoms with van der Waals surface area (Å²) in [7, 11) is 0. The van der Waals surface area contributed by atoms with Gasteiger partial charge in [-0.15, -0.1) is 0 Å². The zero-order valence-electron chi connectivity index (χ0n) is 11.6. The highest BCUT2D eigenvalue weighted by molar-refractivity contribution is 5.28. The van der Waals surface area contributed by atoms with Gasteiger partial charge in [0.2, 0.25) is 0 Å². The summed E-state index contributed by atoms with van der Waals surface area (Å²) in [6.45, 7) is 6.47. The van der Waals surface area contributed by atoms with E-state index in [0.717, 1.165) is 13.2 Å². The van der Waals surface area contributed by atoms with E-state index in [1.165, 1.54) is 36.8 Å². The van der Waals surface area contributed by atoms with Crippen molar-refractivity contribution in [2.24, 2.45) is 0 Å². The van der Waals surface area contributed by atoms with Crippen LogP contribution in [0, 0.1) is 6.92 Å². The topological polar surface area (TPSA) is 21.3 Å². The third-order valence-electron chi connectivity index (χ3n) is 3.83. The Labute approximate surface area is 111 Å². The maximum Gasteiger partial charge on any atom is 0.0576 e. The van der Waals surface area contributed by atoms with Gasteiger partial charge >= 0.3 is 0 Å². The first kappa shape index (κ1) is 13.6. The van der Waals surface area contributed by atoms with Crippen molar-refractivity contribution in [2.75, 3.05) is 13.2 Å². The molecule has 1 fully saturated rings. The Morgan fingerprint density at radius 2 is 2.22 bits per heavy atom. The van der Waals surface area contributed by atoms with Crippen LogP contribution >= 0.6 is 0 Å². The van der Waals surface area contributed by atoms with Crippen molar-refractivity contribution >= 4 is 0 Å². The Morgan fingerprint density at radius 1 is 1.39 bits per heavy atom. The van der Waals surface area contributed by atoms with Crippen molar-refractivity contribution in [3.05, 3.63) is 35.4 Å². The Hall–Kier alpha value is -0.860. The van der Waals surface area contributed by atoms with Crippen LogP contribution in [0.2, 0.25) is 0 Å². The van der Waals surface area contributed by atoms with Crippen molar-refractivity contribution < 1.29 is 4.74 Å². The molecule has 18 heavy (non-hydrogen) atoms. The van der Waals surface area contributed by atoms with Gasteiger partial charge in [0, 0.05) is 12.6 Å². The molecule has 2 rings (SSSR count). The lowest BCUT2D eigenvalue weighted by Gasteiger charge is -2.17. The summed E-state index contributed by atoms with van der Waals surface area (Å²) in [6, 6.07) is 9.05.